The lowest BCUT2D eigenvalue weighted by molar-refractivity contribution is -0.147. The first-order chi connectivity index (χ1) is 16.8. The molecule has 204 valence electrons. The summed E-state index contributed by atoms with van der Waals surface area (Å²) in [7, 11) is 0. The highest BCUT2D eigenvalue weighted by molar-refractivity contribution is 5.76. The fourth-order valence-electron chi connectivity index (χ4n) is 4.21. The van der Waals surface area contributed by atoms with Crippen LogP contribution < -0.4 is 0 Å². The fourth-order valence-corrected chi connectivity index (χ4v) is 4.21. The van der Waals surface area contributed by atoms with Crippen LogP contribution in [-0.2, 0) is 28.8 Å². The highest BCUT2D eigenvalue weighted by atomic mass is 16.4. The van der Waals surface area contributed by atoms with Gasteiger partial charge in [-0.15, -0.1) is 0 Å². The van der Waals surface area contributed by atoms with Gasteiger partial charge < -0.3 is 30.6 Å². The molecule has 15 heteroatoms. The largest absolute Gasteiger partial charge is 0.481 e. The Morgan fingerprint density at radius 3 is 0.778 bits per heavy atom. The van der Waals surface area contributed by atoms with E-state index in [0.29, 0.717) is 0 Å². The Balaban J connectivity index is 3.30. The number of rotatable bonds is 15. The normalized spacial score (nSPS) is 18.7. The Hall–Kier alpha value is -3.30. The molecule has 0 aromatic carbocycles. The minimum absolute atomic E-state index is 0.00808. The molecule has 15 nitrogen and oxygen atoms in total. The van der Waals surface area contributed by atoms with Crippen LogP contribution in [0.1, 0.15) is 38.5 Å². The van der Waals surface area contributed by atoms with Gasteiger partial charge in [0.2, 0.25) is 0 Å². The zero-order chi connectivity index (χ0) is 27.4. The molecule has 3 unspecified atom stereocenters. The third kappa shape index (κ3) is 10.5. The van der Waals surface area contributed by atoms with E-state index in [9.17, 15) is 44.1 Å². The number of nitrogens with zero attached hydrogens (tertiary/aromatic N) is 3. The van der Waals surface area contributed by atoms with E-state index in [2.05, 4.69) is 0 Å². The summed E-state index contributed by atoms with van der Waals surface area (Å²) in [5, 5.41) is 56.1. The molecular weight excluding hydrogens is 486 g/mol. The lowest BCUT2D eigenvalue weighted by Gasteiger charge is -2.32. The van der Waals surface area contributed by atoms with Gasteiger partial charge in [0.1, 0.15) is 18.1 Å². The lowest BCUT2D eigenvalue weighted by Crippen LogP contribution is -2.49. The molecule has 36 heavy (non-hydrogen) atoms. The van der Waals surface area contributed by atoms with Crippen molar-refractivity contribution in [1.82, 2.24) is 14.7 Å². The summed E-state index contributed by atoms with van der Waals surface area (Å²) in [6, 6.07) is -3.73. The Morgan fingerprint density at radius 2 is 0.639 bits per heavy atom. The van der Waals surface area contributed by atoms with Crippen LogP contribution in [-0.4, -0.2) is 139 Å². The summed E-state index contributed by atoms with van der Waals surface area (Å²) in [6.07, 6.45) is -2.04. The molecule has 0 amide bonds. The van der Waals surface area contributed by atoms with Crippen molar-refractivity contribution in [3.05, 3.63) is 0 Å². The Morgan fingerprint density at radius 1 is 0.444 bits per heavy atom. The molecule has 1 saturated heterocycles. The van der Waals surface area contributed by atoms with Crippen molar-refractivity contribution in [2.75, 3.05) is 39.3 Å². The van der Waals surface area contributed by atoms with Gasteiger partial charge >= 0.3 is 35.8 Å². The Kier molecular flexibility index (Phi) is 12.8. The molecule has 1 fully saturated rings. The van der Waals surface area contributed by atoms with Gasteiger partial charge in [0, 0.05) is 58.5 Å². The predicted octanol–water partition coefficient (Wildman–Crippen LogP) is -1.14. The van der Waals surface area contributed by atoms with E-state index in [4.69, 9.17) is 15.3 Å². The van der Waals surface area contributed by atoms with Gasteiger partial charge in [-0.2, -0.15) is 0 Å². The quantitative estimate of drug-likeness (QED) is 0.150. The van der Waals surface area contributed by atoms with Crippen molar-refractivity contribution in [3.8, 4) is 0 Å². The van der Waals surface area contributed by atoms with Gasteiger partial charge in [-0.25, -0.2) is 0 Å². The summed E-state index contributed by atoms with van der Waals surface area (Å²) in [6.45, 7) is 0.0485. The molecule has 0 spiro atoms. The van der Waals surface area contributed by atoms with Crippen LogP contribution in [0.15, 0.2) is 0 Å². The molecular formula is C21H33N3O12. The minimum atomic E-state index is -1.30. The van der Waals surface area contributed by atoms with E-state index < -0.39 is 73.2 Å². The van der Waals surface area contributed by atoms with Crippen LogP contribution in [0.3, 0.4) is 0 Å². The second-order valence-electron chi connectivity index (χ2n) is 8.47. The van der Waals surface area contributed by atoms with Crippen molar-refractivity contribution in [1.29, 1.82) is 0 Å². The SMILES string of the molecule is O=C(O)CCC(C(=O)O)N1CCN(C(CCC(=O)O)C(=O)O)CCN(C(CCC(=O)O)C(=O)O)CC1. The van der Waals surface area contributed by atoms with Crippen LogP contribution in [0.5, 0.6) is 0 Å². The molecule has 3 atom stereocenters. The maximum absolute atomic E-state index is 11.9. The van der Waals surface area contributed by atoms with Gasteiger partial charge in [0.25, 0.3) is 0 Å². The summed E-state index contributed by atoms with van der Waals surface area (Å²) in [5.41, 5.74) is 0. The van der Waals surface area contributed by atoms with Crippen molar-refractivity contribution >= 4 is 35.8 Å². The first-order valence-electron chi connectivity index (χ1n) is 11.4. The molecule has 0 aromatic heterocycles. The van der Waals surface area contributed by atoms with Crippen LogP contribution in [0, 0.1) is 0 Å². The monoisotopic (exact) mass is 519 g/mol. The van der Waals surface area contributed by atoms with E-state index in [0.717, 1.165) is 0 Å². The van der Waals surface area contributed by atoms with E-state index in [1.165, 1.54) is 14.7 Å². The van der Waals surface area contributed by atoms with Gasteiger partial charge in [-0.3, -0.25) is 43.5 Å². The third-order valence-corrected chi connectivity index (χ3v) is 6.10. The van der Waals surface area contributed by atoms with Gasteiger partial charge in [-0.1, -0.05) is 0 Å². The van der Waals surface area contributed by atoms with Crippen molar-refractivity contribution < 1.29 is 59.4 Å². The Bertz CT molecular complexity index is 703. The maximum atomic E-state index is 11.9. The zero-order valence-electron chi connectivity index (χ0n) is 19.7. The Labute approximate surface area is 206 Å². The van der Waals surface area contributed by atoms with Crippen molar-refractivity contribution in [3.63, 3.8) is 0 Å². The number of hydrogen-bond donors (Lipinski definition) is 6. The molecule has 1 aliphatic heterocycles. The van der Waals surface area contributed by atoms with Crippen LogP contribution in [0.4, 0.5) is 0 Å². The first-order valence-corrected chi connectivity index (χ1v) is 11.4. The van der Waals surface area contributed by atoms with E-state index in [-0.39, 0.29) is 58.5 Å². The van der Waals surface area contributed by atoms with Gasteiger partial charge in [0.15, 0.2) is 0 Å². The third-order valence-electron chi connectivity index (χ3n) is 6.10. The predicted molar refractivity (Wildman–Crippen MR) is 120 cm³/mol. The molecule has 1 aliphatic rings. The van der Waals surface area contributed by atoms with Gasteiger partial charge in [-0.05, 0) is 19.3 Å². The van der Waals surface area contributed by atoms with Crippen LogP contribution >= 0.6 is 0 Å². The highest BCUT2D eigenvalue weighted by Gasteiger charge is 2.34. The topological polar surface area (TPSA) is 234 Å². The van der Waals surface area contributed by atoms with Gasteiger partial charge in [0.05, 0.1) is 0 Å². The molecule has 0 bridgehead atoms. The van der Waals surface area contributed by atoms with E-state index in [1.807, 2.05) is 0 Å². The molecule has 0 radical (unpaired) electrons. The fraction of sp³-hybridized carbons (Fsp3) is 0.714. The summed E-state index contributed by atoms with van der Waals surface area (Å²) in [4.78, 5) is 73.1. The number of carboxylic acid groups (broad SMARTS) is 6. The van der Waals surface area contributed by atoms with Crippen LogP contribution in [0.2, 0.25) is 0 Å². The molecule has 1 heterocycles. The highest BCUT2D eigenvalue weighted by Crippen LogP contribution is 2.17. The number of aliphatic carboxylic acids is 6. The number of carboxylic acids is 6. The first kappa shape index (κ1) is 30.7. The molecule has 6 N–H and O–H groups in total. The second kappa shape index (κ2) is 15.0. The van der Waals surface area contributed by atoms with E-state index >= 15 is 0 Å². The average Bonchev–Trinajstić information content (AvgIpc) is 2.85. The summed E-state index contributed by atoms with van der Waals surface area (Å²) in [5.74, 6) is -7.49. The molecule has 1 rings (SSSR count). The van der Waals surface area contributed by atoms with Crippen LogP contribution in [0.25, 0.3) is 0 Å². The molecule has 0 aromatic rings. The standard InChI is InChI=1S/C21H33N3O12/c25-16(26)4-1-13(19(31)32)22-7-9-23(14(20(33)34)2-5-17(27)28)11-12-24(10-8-22)15(21(35)36)3-6-18(29)30/h13-15H,1-12H2,(H,25,26)(H,27,28)(H,29,30)(H,31,32)(H,33,34)(H,35,36). The second-order valence-corrected chi connectivity index (χ2v) is 8.47. The smallest absolute Gasteiger partial charge is 0.320 e. The van der Waals surface area contributed by atoms with Crippen molar-refractivity contribution in [2.24, 2.45) is 0 Å². The number of carbonyl (C=O) groups is 6. The lowest BCUT2D eigenvalue weighted by atomic mass is 10.1. The molecule has 0 aliphatic carbocycles. The maximum Gasteiger partial charge on any atom is 0.320 e. The number of hydrogen-bond acceptors (Lipinski definition) is 9. The summed E-state index contributed by atoms with van der Waals surface area (Å²) < 4.78 is 0. The molecule has 0 saturated carbocycles. The van der Waals surface area contributed by atoms with E-state index in [1.54, 1.807) is 0 Å². The zero-order valence-corrected chi connectivity index (χ0v) is 19.7. The minimum Gasteiger partial charge on any atom is -0.481 e. The van der Waals surface area contributed by atoms with Crippen molar-refractivity contribution in [2.45, 2.75) is 56.7 Å². The summed E-state index contributed by atoms with van der Waals surface area (Å²) >= 11 is 0. The average molecular weight is 520 g/mol.